The Labute approximate surface area is 140 Å². The zero-order valence-electron chi connectivity index (χ0n) is 13.0. The molecule has 1 aromatic heterocycles. The summed E-state index contributed by atoms with van der Waals surface area (Å²) in [5.74, 6) is 0.112. The third-order valence-electron chi connectivity index (χ3n) is 3.45. The fourth-order valence-electron chi connectivity index (χ4n) is 2.22. The van der Waals surface area contributed by atoms with E-state index in [9.17, 15) is 17.6 Å². The van der Waals surface area contributed by atoms with Crippen molar-refractivity contribution < 1.29 is 22.3 Å². The first-order valence-electron chi connectivity index (χ1n) is 7.34. The van der Waals surface area contributed by atoms with Crippen molar-refractivity contribution in [1.29, 1.82) is 0 Å². The standard InChI is InChI=1S/C17H13F4N3O/c1-11(18)12-2-4-13(5-3-12)16-22-10-24(23-16)14-6-8-15(9-7-14)25-17(19,20)21/h2-11H,1H3. The number of benzene rings is 2. The Morgan fingerprint density at radius 1 is 1.00 bits per heavy atom. The molecule has 130 valence electrons. The molecule has 0 bridgehead atoms. The molecule has 1 atom stereocenters. The Hall–Kier alpha value is -2.90. The molecule has 2 aromatic carbocycles. The Morgan fingerprint density at radius 2 is 1.64 bits per heavy atom. The molecule has 0 aliphatic carbocycles. The summed E-state index contributed by atoms with van der Waals surface area (Å²) in [5.41, 5.74) is 1.80. The minimum absolute atomic E-state index is 0.312. The van der Waals surface area contributed by atoms with Gasteiger partial charge in [-0.1, -0.05) is 24.3 Å². The summed E-state index contributed by atoms with van der Waals surface area (Å²) < 4.78 is 54.9. The second-order valence-corrected chi connectivity index (χ2v) is 5.29. The van der Waals surface area contributed by atoms with Gasteiger partial charge in [-0.15, -0.1) is 18.3 Å². The summed E-state index contributed by atoms with van der Waals surface area (Å²) in [6, 6.07) is 12.0. The molecule has 0 radical (unpaired) electrons. The van der Waals surface area contributed by atoms with Crippen LogP contribution >= 0.6 is 0 Å². The van der Waals surface area contributed by atoms with Gasteiger partial charge in [0.05, 0.1) is 5.69 Å². The molecule has 0 amide bonds. The van der Waals surface area contributed by atoms with E-state index < -0.39 is 12.5 Å². The maximum absolute atomic E-state index is 13.2. The minimum atomic E-state index is -4.73. The highest BCUT2D eigenvalue weighted by molar-refractivity contribution is 5.55. The lowest BCUT2D eigenvalue weighted by Crippen LogP contribution is -2.17. The van der Waals surface area contributed by atoms with Crippen LogP contribution in [-0.2, 0) is 0 Å². The normalized spacial score (nSPS) is 12.8. The maximum Gasteiger partial charge on any atom is 0.573 e. The number of nitrogens with zero attached hydrogens (tertiary/aromatic N) is 3. The summed E-state index contributed by atoms with van der Waals surface area (Å²) in [5, 5.41) is 4.28. The highest BCUT2D eigenvalue weighted by atomic mass is 19.4. The summed E-state index contributed by atoms with van der Waals surface area (Å²) in [7, 11) is 0. The molecule has 0 spiro atoms. The van der Waals surface area contributed by atoms with Gasteiger partial charge in [0.25, 0.3) is 0 Å². The van der Waals surface area contributed by atoms with Gasteiger partial charge in [0.1, 0.15) is 18.2 Å². The van der Waals surface area contributed by atoms with E-state index in [0.29, 0.717) is 22.6 Å². The van der Waals surface area contributed by atoms with E-state index in [-0.39, 0.29) is 5.75 Å². The summed E-state index contributed by atoms with van der Waals surface area (Å²) >= 11 is 0. The van der Waals surface area contributed by atoms with Gasteiger partial charge in [0.15, 0.2) is 5.82 Å². The van der Waals surface area contributed by atoms with E-state index in [0.717, 1.165) is 0 Å². The molecular formula is C17H13F4N3O. The Balaban J connectivity index is 1.79. The van der Waals surface area contributed by atoms with E-state index in [4.69, 9.17) is 0 Å². The van der Waals surface area contributed by atoms with Crippen molar-refractivity contribution >= 4 is 0 Å². The topological polar surface area (TPSA) is 39.9 Å². The van der Waals surface area contributed by atoms with Crippen LogP contribution in [0, 0.1) is 0 Å². The Bertz CT molecular complexity index is 840. The van der Waals surface area contributed by atoms with Gasteiger partial charge < -0.3 is 4.74 Å². The van der Waals surface area contributed by atoms with E-state index in [2.05, 4.69) is 14.8 Å². The van der Waals surface area contributed by atoms with Gasteiger partial charge in [-0.2, -0.15) is 0 Å². The highest BCUT2D eigenvalue weighted by Gasteiger charge is 2.30. The maximum atomic E-state index is 13.2. The van der Waals surface area contributed by atoms with Gasteiger partial charge in [-0.25, -0.2) is 14.1 Å². The van der Waals surface area contributed by atoms with E-state index in [1.165, 1.54) is 42.2 Å². The lowest BCUT2D eigenvalue weighted by atomic mass is 10.1. The molecule has 8 heteroatoms. The van der Waals surface area contributed by atoms with Crippen LogP contribution in [0.25, 0.3) is 17.1 Å². The van der Waals surface area contributed by atoms with Crippen LogP contribution in [0.4, 0.5) is 17.6 Å². The largest absolute Gasteiger partial charge is 0.573 e. The van der Waals surface area contributed by atoms with Crippen LogP contribution in [0.2, 0.25) is 0 Å². The first-order valence-corrected chi connectivity index (χ1v) is 7.34. The van der Waals surface area contributed by atoms with Crippen LogP contribution in [0.5, 0.6) is 5.75 Å². The molecule has 0 saturated heterocycles. The minimum Gasteiger partial charge on any atom is -0.406 e. The van der Waals surface area contributed by atoms with Gasteiger partial charge >= 0.3 is 6.36 Å². The number of hydrogen-bond acceptors (Lipinski definition) is 3. The second-order valence-electron chi connectivity index (χ2n) is 5.29. The lowest BCUT2D eigenvalue weighted by Gasteiger charge is -2.09. The van der Waals surface area contributed by atoms with Crippen molar-refractivity contribution in [1.82, 2.24) is 14.8 Å². The number of ether oxygens (including phenoxy) is 1. The monoisotopic (exact) mass is 351 g/mol. The van der Waals surface area contributed by atoms with Crippen molar-refractivity contribution in [3.05, 3.63) is 60.4 Å². The molecule has 3 rings (SSSR count). The van der Waals surface area contributed by atoms with Crippen LogP contribution < -0.4 is 4.74 Å². The molecule has 0 N–H and O–H groups in total. The van der Waals surface area contributed by atoms with Gasteiger partial charge in [-0.3, -0.25) is 0 Å². The van der Waals surface area contributed by atoms with E-state index >= 15 is 0 Å². The van der Waals surface area contributed by atoms with Crippen LogP contribution in [0.15, 0.2) is 54.9 Å². The highest BCUT2D eigenvalue weighted by Crippen LogP contribution is 2.24. The molecular weight excluding hydrogens is 338 g/mol. The van der Waals surface area contributed by atoms with Gasteiger partial charge in [0, 0.05) is 5.56 Å². The van der Waals surface area contributed by atoms with Gasteiger partial charge in [0.2, 0.25) is 0 Å². The summed E-state index contributed by atoms with van der Waals surface area (Å²) in [6.45, 7) is 1.45. The molecule has 0 aliphatic rings. The number of aromatic nitrogens is 3. The number of rotatable bonds is 4. The third-order valence-corrected chi connectivity index (χ3v) is 3.45. The first kappa shape index (κ1) is 16.9. The molecule has 0 saturated carbocycles. The molecule has 25 heavy (non-hydrogen) atoms. The molecule has 1 heterocycles. The zero-order chi connectivity index (χ0) is 18.0. The van der Waals surface area contributed by atoms with Crippen molar-refractivity contribution in [3.63, 3.8) is 0 Å². The fraction of sp³-hybridized carbons (Fsp3) is 0.176. The predicted molar refractivity (Wildman–Crippen MR) is 83.0 cm³/mol. The lowest BCUT2D eigenvalue weighted by molar-refractivity contribution is -0.274. The smallest absolute Gasteiger partial charge is 0.406 e. The number of halogens is 4. The zero-order valence-corrected chi connectivity index (χ0v) is 13.0. The average Bonchev–Trinajstić information content (AvgIpc) is 3.04. The van der Waals surface area contributed by atoms with Crippen molar-refractivity contribution in [2.75, 3.05) is 0 Å². The van der Waals surface area contributed by atoms with Crippen molar-refractivity contribution in [3.8, 4) is 22.8 Å². The van der Waals surface area contributed by atoms with Crippen LogP contribution in [0.3, 0.4) is 0 Å². The van der Waals surface area contributed by atoms with E-state index in [1.807, 2.05) is 0 Å². The van der Waals surface area contributed by atoms with Crippen molar-refractivity contribution in [2.24, 2.45) is 0 Å². The molecule has 4 nitrogen and oxygen atoms in total. The second kappa shape index (κ2) is 6.54. The van der Waals surface area contributed by atoms with Crippen LogP contribution in [0.1, 0.15) is 18.7 Å². The summed E-state index contributed by atoms with van der Waals surface area (Å²) in [6.07, 6.45) is -4.34. The SMILES string of the molecule is CC(F)c1ccc(-c2ncn(-c3ccc(OC(F)(F)F)cc3)n2)cc1. The van der Waals surface area contributed by atoms with Crippen molar-refractivity contribution in [2.45, 2.75) is 19.5 Å². The number of hydrogen-bond donors (Lipinski definition) is 0. The summed E-state index contributed by atoms with van der Waals surface area (Å²) in [4.78, 5) is 4.17. The molecule has 3 aromatic rings. The molecule has 0 aliphatic heterocycles. The number of alkyl halides is 4. The first-order chi connectivity index (χ1) is 11.8. The Kier molecular flexibility index (Phi) is 4.43. The third kappa shape index (κ3) is 4.14. The average molecular weight is 351 g/mol. The molecule has 1 unspecified atom stereocenters. The fourth-order valence-corrected chi connectivity index (χ4v) is 2.22. The van der Waals surface area contributed by atoms with Gasteiger partial charge in [-0.05, 0) is 36.8 Å². The predicted octanol–water partition coefficient (Wildman–Crippen LogP) is 4.86. The van der Waals surface area contributed by atoms with E-state index in [1.54, 1.807) is 24.3 Å². The Morgan fingerprint density at radius 3 is 2.20 bits per heavy atom. The van der Waals surface area contributed by atoms with Crippen LogP contribution in [-0.4, -0.2) is 21.1 Å². The quantitative estimate of drug-likeness (QED) is 0.630. The molecule has 0 fully saturated rings.